The lowest BCUT2D eigenvalue weighted by Gasteiger charge is -2.21. The smallest absolute Gasteiger partial charge is 0.349 e. The number of amides is 1. The highest BCUT2D eigenvalue weighted by atomic mass is 32.2. The predicted octanol–water partition coefficient (Wildman–Crippen LogP) is 3.30. The second-order valence-electron chi connectivity index (χ2n) is 6.59. The summed E-state index contributed by atoms with van der Waals surface area (Å²) >= 11 is 0. The highest BCUT2D eigenvalue weighted by Crippen LogP contribution is 2.22. The van der Waals surface area contributed by atoms with Crippen LogP contribution in [0, 0.1) is 0 Å². The van der Waals surface area contributed by atoms with Gasteiger partial charge in [0.1, 0.15) is 11.1 Å². The number of rotatable bonds is 6. The van der Waals surface area contributed by atoms with Gasteiger partial charge in [0.25, 0.3) is 5.91 Å². The van der Waals surface area contributed by atoms with Crippen molar-refractivity contribution < 1.29 is 17.6 Å². The predicted molar refractivity (Wildman–Crippen MR) is 114 cm³/mol. The number of nitrogens with zero attached hydrogens (tertiary/aromatic N) is 1. The molecule has 0 saturated heterocycles. The molecule has 7 nitrogen and oxygen atoms in total. The molecule has 0 saturated carbocycles. The zero-order valence-electron chi connectivity index (χ0n) is 16.4. The Morgan fingerprint density at radius 3 is 2.28 bits per heavy atom. The molecule has 1 amide bonds. The molecule has 3 aromatic rings. The fraction of sp³-hybridized carbons (Fsp3) is 0.238. The maximum atomic E-state index is 12.5. The summed E-state index contributed by atoms with van der Waals surface area (Å²) in [6.07, 6.45) is 1.10. The van der Waals surface area contributed by atoms with Gasteiger partial charge in [0.05, 0.1) is 4.90 Å². The minimum atomic E-state index is -3.33. The third-order valence-electron chi connectivity index (χ3n) is 4.63. The highest BCUT2D eigenvalue weighted by Gasteiger charge is 2.15. The second-order valence-corrected chi connectivity index (χ2v) is 8.61. The van der Waals surface area contributed by atoms with E-state index in [1.807, 2.05) is 26.0 Å². The number of hydrogen-bond acceptors (Lipinski definition) is 6. The molecule has 8 heteroatoms. The van der Waals surface area contributed by atoms with Crippen LogP contribution in [0.25, 0.3) is 11.0 Å². The summed E-state index contributed by atoms with van der Waals surface area (Å²) in [7, 11) is -3.33. The van der Waals surface area contributed by atoms with Crippen molar-refractivity contribution >= 4 is 38.1 Å². The van der Waals surface area contributed by atoms with Crippen molar-refractivity contribution in [2.45, 2.75) is 18.7 Å². The molecule has 2 aromatic carbocycles. The van der Waals surface area contributed by atoms with E-state index in [1.54, 1.807) is 6.07 Å². The molecule has 0 fully saturated rings. The van der Waals surface area contributed by atoms with Crippen LogP contribution in [0.15, 0.2) is 62.6 Å². The summed E-state index contributed by atoms with van der Waals surface area (Å²) in [5, 5.41) is 3.23. The summed E-state index contributed by atoms with van der Waals surface area (Å²) in [4.78, 5) is 27.1. The molecule has 1 heterocycles. The Morgan fingerprint density at radius 2 is 1.69 bits per heavy atom. The third-order valence-corrected chi connectivity index (χ3v) is 5.76. The van der Waals surface area contributed by atoms with Gasteiger partial charge in [-0.2, -0.15) is 0 Å². The van der Waals surface area contributed by atoms with Gasteiger partial charge in [-0.3, -0.25) is 4.79 Å². The third kappa shape index (κ3) is 4.48. The van der Waals surface area contributed by atoms with Gasteiger partial charge in [0, 0.05) is 42.2 Å². The molecule has 1 N–H and O–H groups in total. The highest BCUT2D eigenvalue weighted by molar-refractivity contribution is 7.90. The summed E-state index contributed by atoms with van der Waals surface area (Å²) in [6, 6.07) is 12.7. The van der Waals surface area contributed by atoms with Crippen molar-refractivity contribution in [2.24, 2.45) is 0 Å². The van der Waals surface area contributed by atoms with Gasteiger partial charge in [-0.15, -0.1) is 0 Å². The largest absolute Gasteiger partial charge is 0.422 e. The topological polar surface area (TPSA) is 96.7 Å². The standard InChI is InChI=1S/C21H22N2O5S/c1-4-23(5-2)16-9-6-14-12-18(21(25)28-19(14)13-16)20(24)22-15-7-10-17(11-8-15)29(3,26)27/h6-13H,4-5H2,1-3H3,(H,22,24). The van der Waals surface area contributed by atoms with Crippen LogP contribution < -0.4 is 15.8 Å². The monoisotopic (exact) mass is 414 g/mol. The Hall–Kier alpha value is -3.13. The first kappa shape index (κ1) is 20.6. The van der Waals surface area contributed by atoms with E-state index >= 15 is 0 Å². The van der Waals surface area contributed by atoms with Crippen LogP contribution in [-0.4, -0.2) is 33.7 Å². The molecule has 0 aliphatic heterocycles. The number of nitrogens with one attached hydrogen (secondary N) is 1. The Kier molecular flexibility index (Phi) is 5.74. The number of sulfone groups is 1. The van der Waals surface area contributed by atoms with Crippen LogP contribution in [0.3, 0.4) is 0 Å². The van der Waals surface area contributed by atoms with Crippen molar-refractivity contribution in [3.8, 4) is 0 Å². The molecule has 152 valence electrons. The molecular weight excluding hydrogens is 392 g/mol. The number of hydrogen-bond donors (Lipinski definition) is 1. The minimum absolute atomic E-state index is 0.125. The van der Waals surface area contributed by atoms with Crippen LogP contribution in [0.2, 0.25) is 0 Å². The number of carbonyl (C=O) groups excluding carboxylic acids is 1. The van der Waals surface area contributed by atoms with E-state index in [4.69, 9.17) is 4.42 Å². The SMILES string of the molecule is CCN(CC)c1ccc2cc(C(=O)Nc3ccc(S(C)(=O)=O)cc3)c(=O)oc2c1. The van der Waals surface area contributed by atoms with Crippen molar-refractivity contribution in [3.63, 3.8) is 0 Å². The average Bonchev–Trinajstić information content (AvgIpc) is 2.68. The summed E-state index contributed by atoms with van der Waals surface area (Å²) in [6.45, 7) is 5.73. The first-order valence-corrected chi connectivity index (χ1v) is 11.1. The van der Waals surface area contributed by atoms with Crippen LogP contribution in [-0.2, 0) is 9.84 Å². The molecule has 0 unspecified atom stereocenters. The number of anilines is 2. The van der Waals surface area contributed by atoms with Crippen LogP contribution in [0.4, 0.5) is 11.4 Å². The first-order chi connectivity index (χ1) is 13.7. The number of carbonyl (C=O) groups is 1. The molecule has 0 aliphatic rings. The Morgan fingerprint density at radius 1 is 1.03 bits per heavy atom. The van der Waals surface area contributed by atoms with E-state index < -0.39 is 21.4 Å². The lowest BCUT2D eigenvalue weighted by molar-refractivity contribution is 0.102. The molecule has 1 aromatic heterocycles. The zero-order chi connectivity index (χ0) is 21.2. The van der Waals surface area contributed by atoms with Crippen LogP contribution >= 0.6 is 0 Å². The van der Waals surface area contributed by atoms with Gasteiger partial charge < -0.3 is 14.6 Å². The molecule has 0 bridgehead atoms. The molecule has 29 heavy (non-hydrogen) atoms. The van der Waals surface area contributed by atoms with E-state index in [0.29, 0.717) is 16.7 Å². The van der Waals surface area contributed by atoms with Gasteiger partial charge in [0.15, 0.2) is 9.84 Å². The van der Waals surface area contributed by atoms with Crippen molar-refractivity contribution in [2.75, 3.05) is 29.6 Å². The molecule has 0 atom stereocenters. The van der Waals surface area contributed by atoms with E-state index in [2.05, 4.69) is 10.2 Å². The maximum absolute atomic E-state index is 12.5. The lowest BCUT2D eigenvalue weighted by Crippen LogP contribution is -2.22. The summed E-state index contributed by atoms with van der Waals surface area (Å²) < 4.78 is 28.4. The normalized spacial score (nSPS) is 11.4. The molecule has 0 radical (unpaired) electrons. The molecule has 0 aliphatic carbocycles. The van der Waals surface area contributed by atoms with Gasteiger partial charge in [-0.1, -0.05) is 0 Å². The molecule has 3 rings (SSSR count). The molecule has 0 spiro atoms. The maximum Gasteiger partial charge on any atom is 0.349 e. The zero-order valence-corrected chi connectivity index (χ0v) is 17.2. The second kappa shape index (κ2) is 8.08. The van der Waals surface area contributed by atoms with Gasteiger partial charge >= 0.3 is 5.63 Å². The Labute approximate surface area is 168 Å². The van der Waals surface area contributed by atoms with E-state index in [0.717, 1.165) is 25.0 Å². The van der Waals surface area contributed by atoms with E-state index in [9.17, 15) is 18.0 Å². The fourth-order valence-corrected chi connectivity index (χ4v) is 3.66. The van der Waals surface area contributed by atoms with Gasteiger partial charge in [-0.05, 0) is 56.3 Å². The van der Waals surface area contributed by atoms with Crippen LogP contribution in [0.1, 0.15) is 24.2 Å². The quantitative estimate of drug-likeness (QED) is 0.622. The van der Waals surface area contributed by atoms with Gasteiger partial charge in [-0.25, -0.2) is 13.2 Å². The average molecular weight is 414 g/mol. The summed E-state index contributed by atoms with van der Waals surface area (Å²) in [5.74, 6) is -0.624. The van der Waals surface area contributed by atoms with Crippen molar-refractivity contribution in [3.05, 3.63) is 64.5 Å². The van der Waals surface area contributed by atoms with Crippen molar-refractivity contribution in [1.29, 1.82) is 0 Å². The Bertz CT molecular complexity index is 1210. The van der Waals surface area contributed by atoms with Crippen molar-refractivity contribution in [1.82, 2.24) is 0 Å². The van der Waals surface area contributed by atoms with E-state index in [-0.39, 0.29) is 10.5 Å². The molecular formula is C21H22N2O5S. The van der Waals surface area contributed by atoms with Gasteiger partial charge in [0.2, 0.25) is 0 Å². The van der Waals surface area contributed by atoms with Crippen LogP contribution in [0.5, 0.6) is 0 Å². The lowest BCUT2D eigenvalue weighted by atomic mass is 10.1. The fourth-order valence-electron chi connectivity index (χ4n) is 3.03. The minimum Gasteiger partial charge on any atom is -0.422 e. The summed E-state index contributed by atoms with van der Waals surface area (Å²) in [5.41, 5.74) is 0.862. The Balaban J connectivity index is 1.89. The number of benzene rings is 2. The number of fused-ring (bicyclic) bond motifs is 1. The first-order valence-electron chi connectivity index (χ1n) is 9.17. The van der Waals surface area contributed by atoms with E-state index in [1.165, 1.54) is 30.3 Å².